The molecule has 106 valence electrons. The molecule has 0 fully saturated rings. The van der Waals surface area contributed by atoms with Crippen molar-refractivity contribution in [1.29, 1.82) is 0 Å². The van der Waals surface area contributed by atoms with Gasteiger partial charge in [0.2, 0.25) is 0 Å². The maximum atomic E-state index is 12.0. The third kappa shape index (κ3) is 6.38. The minimum Gasteiger partial charge on any atom is -0.294 e. The van der Waals surface area contributed by atoms with E-state index in [-0.39, 0.29) is 5.78 Å². The summed E-state index contributed by atoms with van der Waals surface area (Å²) in [5.74, 6) is 0.272. The molecular weight excluding hydrogens is 300 g/mol. The zero-order valence-electron chi connectivity index (χ0n) is 12.2. The normalized spacial score (nSPS) is 10.7. The first-order chi connectivity index (χ1) is 9.15. The lowest BCUT2D eigenvalue weighted by Crippen LogP contribution is -1.99. The van der Waals surface area contributed by atoms with Crippen LogP contribution in [0.5, 0.6) is 0 Å². The zero-order valence-corrected chi connectivity index (χ0v) is 13.8. The number of carbonyl (C=O) groups is 1. The van der Waals surface area contributed by atoms with Crippen LogP contribution in [0.25, 0.3) is 0 Å². The first-order valence-electron chi connectivity index (χ1n) is 7.44. The molecular formula is C17H25BrO. The van der Waals surface area contributed by atoms with E-state index in [4.69, 9.17) is 0 Å². The molecule has 0 saturated carbocycles. The number of ketones is 1. The first-order valence-corrected chi connectivity index (χ1v) is 8.23. The summed E-state index contributed by atoms with van der Waals surface area (Å²) in [4.78, 5) is 12.0. The first kappa shape index (κ1) is 16.4. The highest BCUT2D eigenvalue weighted by molar-refractivity contribution is 9.10. The topological polar surface area (TPSA) is 17.1 Å². The van der Waals surface area contributed by atoms with Crippen molar-refractivity contribution in [2.45, 2.75) is 65.2 Å². The summed E-state index contributed by atoms with van der Waals surface area (Å²) < 4.78 is 1.03. The Balaban J connectivity index is 2.22. The van der Waals surface area contributed by atoms with E-state index in [1.54, 1.807) is 0 Å². The van der Waals surface area contributed by atoms with Gasteiger partial charge in [0.05, 0.1) is 0 Å². The Morgan fingerprint density at radius 3 is 2.32 bits per heavy atom. The number of aryl methyl sites for hydroxylation is 1. The Morgan fingerprint density at radius 2 is 1.68 bits per heavy atom. The SMILES string of the molecule is CCCCCCCCCC(=O)c1ccc(C)c(Br)c1. The van der Waals surface area contributed by atoms with Gasteiger partial charge in [-0.3, -0.25) is 4.79 Å². The van der Waals surface area contributed by atoms with E-state index in [0.29, 0.717) is 6.42 Å². The molecule has 0 N–H and O–H groups in total. The summed E-state index contributed by atoms with van der Waals surface area (Å²) in [5.41, 5.74) is 2.01. The lowest BCUT2D eigenvalue weighted by Gasteiger charge is -2.04. The van der Waals surface area contributed by atoms with Gasteiger partial charge in [-0.2, -0.15) is 0 Å². The van der Waals surface area contributed by atoms with Crippen LogP contribution in [-0.2, 0) is 0 Å². The average molecular weight is 325 g/mol. The van der Waals surface area contributed by atoms with E-state index in [2.05, 4.69) is 22.9 Å². The van der Waals surface area contributed by atoms with Crippen LogP contribution in [0.4, 0.5) is 0 Å². The van der Waals surface area contributed by atoms with Gasteiger partial charge in [-0.25, -0.2) is 0 Å². The number of hydrogen-bond donors (Lipinski definition) is 0. The van der Waals surface area contributed by atoms with Gasteiger partial charge in [-0.1, -0.05) is 73.5 Å². The predicted molar refractivity (Wildman–Crippen MR) is 85.8 cm³/mol. The second kappa shape index (κ2) is 9.30. The fraction of sp³-hybridized carbons (Fsp3) is 0.588. The van der Waals surface area contributed by atoms with Crippen molar-refractivity contribution in [2.75, 3.05) is 0 Å². The Hall–Kier alpha value is -0.630. The minimum absolute atomic E-state index is 0.272. The summed E-state index contributed by atoms with van der Waals surface area (Å²) in [7, 11) is 0. The van der Waals surface area contributed by atoms with Crippen LogP contribution in [0.15, 0.2) is 22.7 Å². The molecule has 0 unspecified atom stereocenters. The van der Waals surface area contributed by atoms with Crippen LogP contribution < -0.4 is 0 Å². The number of unbranched alkanes of at least 4 members (excludes halogenated alkanes) is 6. The van der Waals surface area contributed by atoms with E-state index < -0.39 is 0 Å². The van der Waals surface area contributed by atoms with Crippen LogP contribution in [0, 0.1) is 6.92 Å². The number of carbonyl (C=O) groups excluding carboxylic acids is 1. The highest BCUT2D eigenvalue weighted by atomic mass is 79.9. The van der Waals surface area contributed by atoms with Crippen molar-refractivity contribution in [1.82, 2.24) is 0 Å². The van der Waals surface area contributed by atoms with Crippen molar-refractivity contribution in [3.05, 3.63) is 33.8 Å². The number of hydrogen-bond acceptors (Lipinski definition) is 1. The molecule has 0 spiro atoms. The Morgan fingerprint density at radius 1 is 1.05 bits per heavy atom. The van der Waals surface area contributed by atoms with Crippen LogP contribution in [0.2, 0.25) is 0 Å². The van der Waals surface area contributed by atoms with Crippen LogP contribution in [0.3, 0.4) is 0 Å². The molecule has 0 atom stereocenters. The second-order valence-corrected chi connectivity index (χ2v) is 6.11. The van der Waals surface area contributed by atoms with Crippen molar-refractivity contribution in [3.63, 3.8) is 0 Å². The Labute approximate surface area is 125 Å². The molecule has 0 aliphatic carbocycles. The number of rotatable bonds is 9. The van der Waals surface area contributed by atoms with Crippen molar-refractivity contribution in [3.8, 4) is 0 Å². The molecule has 0 saturated heterocycles. The van der Waals surface area contributed by atoms with Gasteiger partial charge in [0.1, 0.15) is 0 Å². The molecule has 0 aliphatic rings. The Bertz CT molecular complexity index is 398. The van der Waals surface area contributed by atoms with E-state index in [1.165, 1.54) is 44.1 Å². The molecule has 2 heteroatoms. The molecule has 0 heterocycles. The largest absolute Gasteiger partial charge is 0.294 e. The summed E-state index contributed by atoms with van der Waals surface area (Å²) >= 11 is 3.48. The second-order valence-electron chi connectivity index (χ2n) is 5.26. The maximum absolute atomic E-state index is 12.0. The maximum Gasteiger partial charge on any atom is 0.162 e. The number of benzene rings is 1. The predicted octanol–water partition coefficient (Wildman–Crippen LogP) is 6.08. The van der Waals surface area contributed by atoms with Gasteiger partial charge in [0, 0.05) is 16.5 Å². The quantitative estimate of drug-likeness (QED) is 0.397. The smallest absolute Gasteiger partial charge is 0.162 e. The molecule has 1 rings (SSSR count). The van der Waals surface area contributed by atoms with E-state index in [1.807, 2.05) is 25.1 Å². The third-order valence-electron chi connectivity index (χ3n) is 3.50. The van der Waals surface area contributed by atoms with Crippen LogP contribution >= 0.6 is 15.9 Å². The Kier molecular flexibility index (Phi) is 8.04. The van der Waals surface area contributed by atoms with Gasteiger partial charge in [0.15, 0.2) is 5.78 Å². The van der Waals surface area contributed by atoms with Gasteiger partial charge < -0.3 is 0 Å². The van der Waals surface area contributed by atoms with E-state index >= 15 is 0 Å². The van der Waals surface area contributed by atoms with Crippen molar-refractivity contribution >= 4 is 21.7 Å². The summed E-state index contributed by atoms with van der Waals surface area (Å²) in [6.07, 6.45) is 9.46. The van der Waals surface area contributed by atoms with Crippen molar-refractivity contribution in [2.24, 2.45) is 0 Å². The minimum atomic E-state index is 0.272. The van der Waals surface area contributed by atoms with Crippen LogP contribution in [0.1, 0.15) is 74.2 Å². The zero-order chi connectivity index (χ0) is 14.1. The highest BCUT2D eigenvalue weighted by Crippen LogP contribution is 2.19. The molecule has 0 aliphatic heterocycles. The molecule has 0 amide bonds. The molecule has 0 bridgehead atoms. The summed E-state index contributed by atoms with van der Waals surface area (Å²) in [6, 6.07) is 5.88. The van der Waals surface area contributed by atoms with Crippen molar-refractivity contribution < 1.29 is 4.79 Å². The van der Waals surface area contributed by atoms with Gasteiger partial charge in [-0.05, 0) is 25.0 Å². The fourth-order valence-corrected chi connectivity index (χ4v) is 2.53. The molecule has 1 nitrogen and oxygen atoms in total. The number of Topliss-reactive ketones (excluding diaryl/α,β-unsaturated/α-hetero) is 1. The lowest BCUT2D eigenvalue weighted by atomic mass is 10.0. The van der Waals surface area contributed by atoms with Crippen LogP contribution in [-0.4, -0.2) is 5.78 Å². The average Bonchev–Trinajstić information content (AvgIpc) is 2.40. The standard InChI is InChI=1S/C17H25BrO/c1-3-4-5-6-7-8-9-10-17(19)15-12-11-14(2)16(18)13-15/h11-13H,3-10H2,1-2H3. The molecule has 19 heavy (non-hydrogen) atoms. The van der Waals surface area contributed by atoms with E-state index in [0.717, 1.165) is 16.5 Å². The van der Waals surface area contributed by atoms with Gasteiger partial charge in [0.25, 0.3) is 0 Å². The summed E-state index contributed by atoms with van der Waals surface area (Å²) in [6.45, 7) is 4.27. The fourth-order valence-electron chi connectivity index (χ4n) is 2.15. The van der Waals surface area contributed by atoms with E-state index in [9.17, 15) is 4.79 Å². The molecule has 1 aromatic rings. The molecule has 0 radical (unpaired) electrons. The van der Waals surface area contributed by atoms with Gasteiger partial charge >= 0.3 is 0 Å². The monoisotopic (exact) mass is 324 g/mol. The molecule has 1 aromatic carbocycles. The lowest BCUT2D eigenvalue weighted by molar-refractivity contribution is 0.0979. The van der Waals surface area contributed by atoms with Gasteiger partial charge in [-0.15, -0.1) is 0 Å². The summed E-state index contributed by atoms with van der Waals surface area (Å²) in [5, 5.41) is 0. The molecule has 0 aromatic heterocycles. The number of halogens is 1. The third-order valence-corrected chi connectivity index (χ3v) is 4.36. The highest BCUT2D eigenvalue weighted by Gasteiger charge is 2.06.